The van der Waals surface area contributed by atoms with Crippen LogP contribution in [0.1, 0.15) is 13.8 Å². The van der Waals surface area contributed by atoms with E-state index in [0.717, 1.165) is 0 Å². The Balaban J connectivity index is 2.59. The highest BCUT2D eigenvalue weighted by Crippen LogP contribution is 2.24. The fourth-order valence-electron chi connectivity index (χ4n) is 1.07. The Labute approximate surface area is 110 Å². The lowest BCUT2D eigenvalue weighted by atomic mass is 10.4. The Morgan fingerprint density at radius 2 is 2.29 bits per heavy atom. The van der Waals surface area contributed by atoms with Gasteiger partial charge in [-0.1, -0.05) is 23.4 Å². The number of thioether (sulfide) groups is 1. The monoisotopic (exact) mass is 274 g/mol. The zero-order valence-corrected chi connectivity index (χ0v) is 11.5. The first kappa shape index (κ1) is 14.1. The van der Waals surface area contributed by atoms with E-state index in [0.29, 0.717) is 16.0 Å². The van der Waals surface area contributed by atoms with Gasteiger partial charge in [-0.2, -0.15) is 0 Å². The Morgan fingerprint density at radius 3 is 2.88 bits per heavy atom. The highest BCUT2D eigenvalue weighted by molar-refractivity contribution is 8.00. The van der Waals surface area contributed by atoms with Gasteiger partial charge in [-0.25, -0.2) is 9.97 Å². The summed E-state index contributed by atoms with van der Waals surface area (Å²) in [5.74, 6) is 0.741. The third-order valence-electron chi connectivity index (χ3n) is 1.73. The number of carbonyl (C=O) groups excluding carboxylic acids is 1. The van der Waals surface area contributed by atoms with Crippen molar-refractivity contribution in [3.8, 4) is 0 Å². The maximum Gasteiger partial charge on any atom is 0.230 e. The molecule has 1 rings (SSSR count). The van der Waals surface area contributed by atoms with Crippen molar-refractivity contribution in [2.75, 3.05) is 18.1 Å². The van der Waals surface area contributed by atoms with Crippen LogP contribution in [0.25, 0.3) is 0 Å². The number of nitrogens with one attached hydrogen (secondary N) is 2. The molecule has 17 heavy (non-hydrogen) atoms. The van der Waals surface area contributed by atoms with Crippen LogP contribution in [0, 0.1) is 0 Å². The van der Waals surface area contributed by atoms with E-state index in [9.17, 15) is 4.79 Å². The number of aromatic nitrogens is 2. The fourth-order valence-corrected chi connectivity index (χ4v) is 2.02. The molecule has 0 aliphatic heterocycles. The molecule has 0 spiro atoms. The summed E-state index contributed by atoms with van der Waals surface area (Å²) in [7, 11) is 1.73. The van der Waals surface area contributed by atoms with Crippen molar-refractivity contribution < 1.29 is 4.79 Å². The molecule has 0 unspecified atom stereocenters. The minimum Gasteiger partial charge on any atom is -0.357 e. The Bertz CT molecular complexity index is 400. The van der Waals surface area contributed by atoms with Crippen molar-refractivity contribution in [3.63, 3.8) is 0 Å². The van der Waals surface area contributed by atoms with E-state index in [1.807, 2.05) is 13.8 Å². The van der Waals surface area contributed by atoms with Crippen LogP contribution in [0.4, 0.5) is 5.95 Å². The van der Waals surface area contributed by atoms with Gasteiger partial charge in [0, 0.05) is 13.1 Å². The van der Waals surface area contributed by atoms with E-state index >= 15 is 0 Å². The molecule has 1 heterocycles. The van der Waals surface area contributed by atoms with Crippen molar-refractivity contribution in [2.24, 2.45) is 0 Å². The van der Waals surface area contributed by atoms with Gasteiger partial charge in [-0.15, -0.1) is 0 Å². The normalized spacial score (nSPS) is 10.4. The Kier molecular flexibility index (Phi) is 5.50. The summed E-state index contributed by atoms with van der Waals surface area (Å²) in [6, 6.07) is 0.136. The predicted octanol–water partition coefficient (Wildman–Crippen LogP) is 1.79. The van der Waals surface area contributed by atoms with Crippen LogP contribution < -0.4 is 10.6 Å². The topological polar surface area (TPSA) is 66.9 Å². The van der Waals surface area contributed by atoms with Crippen LogP contribution in [-0.4, -0.2) is 34.7 Å². The largest absolute Gasteiger partial charge is 0.357 e. The molecule has 0 aliphatic carbocycles. The maximum absolute atomic E-state index is 11.5. The standard InChI is InChI=1S/C10H15ClN4OS/c1-6(2)14-8(16)5-17-9-7(11)4-13-10(12-3)15-9/h4,6H,5H2,1-3H3,(H,14,16)(H,12,13,15). The van der Waals surface area contributed by atoms with Crippen molar-refractivity contribution >= 4 is 35.2 Å². The van der Waals surface area contributed by atoms with Crippen LogP contribution in [-0.2, 0) is 4.79 Å². The summed E-state index contributed by atoms with van der Waals surface area (Å²) in [4.78, 5) is 19.6. The number of carbonyl (C=O) groups is 1. The summed E-state index contributed by atoms with van der Waals surface area (Å²) >= 11 is 7.23. The minimum absolute atomic E-state index is 0.0364. The third kappa shape index (κ3) is 4.79. The van der Waals surface area contributed by atoms with Gasteiger partial charge in [-0.05, 0) is 13.8 Å². The predicted molar refractivity (Wildman–Crippen MR) is 70.6 cm³/mol. The van der Waals surface area contributed by atoms with E-state index in [1.165, 1.54) is 18.0 Å². The first-order valence-corrected chi connectivity index (χ1v) is 6.51. The highest BCUT2D eigenvalue weighted by atomic mass is 35.5. The van der Waals surface area contributed by atoms with E-state index < -0.39 is 0 Å². The summed E-state index contributed by atoms with van der Waals surface area (Å²) < 4.78 is 0. The zero-order chi connectivity index (χ0) is 12.8. The molecule has 94 valence electrons. The first-order valence-electron chi connectivity index (χ1n) is 5.15. The van der Waals surface area contributed by atoms with Gasteiger partial charge < -0.3 is 10.6 Å². The SMILES string of the molecule is CNc1ncc(Cl)c(SCC(=O)NC(C)C)n1. The lowest BCUT2D eigenvalue weighted by Crippen LogP contribution is -2.31. The van der Waals surface area contributed by atoms with E-state index in [1.54, 1.807) is 7.05 Å². The number of halogens is 1. The second-order valence-corrected chi connectivity index (χ2v) is 4.98. The number of nitrogens with zero attached hydrogens (tertiary/aromatic N) is 2. The molecule has 0 saturated carbocycles. The van der Waals surface area contributed by atoms with Gasteiger partial charge in [0.25, 0.3) is 0 Å². The minimum atomic E-state index is -0.0364. The highest BCUT2D eigenvalue weighted by Gasteiger charge is 2.09. The summed E-state index contributed by atoms with van der Waals surface area (Å²) in [5, 5.41) is 6.67. The first-order chi connectivity index (χ1) is 8.02. The van der Waals surface area contributed by atoms with Crippen molar-refractivity contribution in [1.29, 1.82) is 0 Å². The quantitative estimate of drug-likeness (QED) is 0.633. The van der Waals surface area contributed by atoms with Gasteiger partial charge >= 0.3 is 0 Å². The van der Waals surface area contributed by atoms with E-state index in [4.69, 9.17) is 11.6 Å². The van der Waals surface area contributed by atoms with Crippen LogP contribution in [0.2, 0.25) is 5.02 Å². The van der Waals surface area contributed by atoms with Crippen molar-refractivity contribution in [2.45, 2.75) is 24.9 Å². The molecule has 1 aromatic rings. The molecule has 7 heteroatoms. The average Bonchev–Trinajstić information content (AvgIpc) is 2.27. The zero-order valence-electron chi connectivity index (χ0n) is 9.95. The Morgan fingerprint density at radius 1 is 1.59 bits per heavy atom. The van der Waals surface area contributed by atoms with Crippen molar-refractivity contribution in [1.82, 2.24) is 15.3 Å². The van der Waals surface area contributed by atoms with Gasteiger partial charge in [0.2, 0.25) is 11.9 Å². The number of rotatable bonds is 5. The molecule has 0 radical (unpaired) electrons. The number of amides is 1. The molecule has 1 amide bonds. The van der Waals surface area contributed by atoms with Crippen molar-refractivity contribution in [3.05, 3.63) is 11.2 Å². The molecule has 0 fully saturated rings. The third-order valence-corrected chi connectivity index (χ3v) is 3.10. The summed E-state index contributed by atoms with van der Waals surface area (Å²) in [5.41, 5.74) is 0. The lowest BCUT2D eigenvalue weighted by molar-refractivity contribution is -0.119. The van der Waals surface area contributed by atoms with Crippen LogP contribution in [0.15, 0.2) is 11.2 Å². The molecule has 0 aromatic carbocycles. The molecule has 0 aliphatic rings. The molecule has 2 N–H and O–H groups in total. The molecule has 5 nitrogen and oxygen atoms in total. The molecule has 1 aromatic heterocycles. The Hall–Kier alpha value is -1.01. The molecule has 0 atom stereocenters. The van der Waals surface area contributed by atoms with E-state index in [2.05, 4.69) is 20.6 Å². The number of hydrogen-bond acceptors (Lipinski definition) is 5. The lowest BCUT2D eigenvalue weighted by Gasteiger charge is -2.08. The second-order valence-electron chi connectivity index (χ2n) is 3.61. The average molecular weight is 275 g/mol. The van der Waals surface area contributed by atoms with Crippen LogP contribution in [0.5, 0.6) is 0 Å². The van der Waals surface area contributed by atoms with Crippen LogP contribution >= 0.6 is 23.4 Å². The molecule has 0 bridgehead atoms. The van der Waals surface area contributed by atoms with Gasteiger partial charge in [-0.3, -0.25) is 4.79 Å². The van der Waals surface area contributed by atoms with Gasteiger partial charge in [0.15, 0.2) is 0 Å². The van der Waals surface area contributed by atoms with Gasteiger partial charge in [0.1, 0.15) is 5.03 Å². The maximum atomic E-state index is 11.5. The molecule has 0 saturated heterocycles. The second kappa shape index (κ2) is 6.66. The fraction of sp³-hybridized carbons (Fsp3) is 0.500. The summed E-state index contributed by atoms with van der Waals surface area (Å²) in [6.45, 7) is 3.83. The van der Waals surface area contributed by atoms with E-state index in [-0.39, 0.29) is 17.7 Å². The molecular weight excluding hydrogens is 260 g/mol. The molecular formula is C10H15ClN4OS. The smallest absolute Gasteiger partial charge is 0.230 e. The number of hydrogen-bond donors (Lipinski definition) is 2. The van der Waals surface area contributed by atoms with Gasteiger partial charge in [0.05, 0.1) is 17.0 Å². The van der Waals surface area contributed by atoms with Crippen LogP contribution in [0.3, 0.4) is 0 Å². The number of anilines is 1. The summed E-state index contributed by atoms with van der Waals surface area (Å²) in [6.07, 6.45) is 1.52.